The number of thiophene rings is 1. The van der Waals surface area contributed by atoms with Gasteiger partial charge >= 0.3 is 5.97 Å². The standard InChI is InChI=1S/C23H30N2O5S2/c1-24(17-20-7-6-16-31-20)22(26)18-30-23(27)13-10-19-8-11-21(12-9-19)32(28,29)25-14-4-2-3-5-15-25/h6-9,11-12,16H,2-5,10,13-15,17-18H2,1H3. The number of aryl methyl sites for hydroxylation is 1. The molecule has 0 N–H and O–H groups in total. The van der Waals surface area contributed by atoms with Crippen LogP contribution in [-0.2, 0) is 37.3 Å². The van der Waals surface area contributed by atoms with E-state index in [9.17, 15) is 18.0 Å². The molecule has 9 heteroatoms. The molecule has 3 rings (SSSR count). The smallest absolute Gasteiger partial charge is 0.306 e. The van der Waals surface area contributed by atoms with Gasteiger partial charge in [0, 0.05) is 31.4 Å². The van der Waals surface area contributed by atoms with Crippen LogP contribution in [0.5, 0.6) is 0 Å². The van der Waals surface area contributed by atoms with Crippen LogP contribution in [0.2, 0.25) is 0 Å². The number of sulfonamides is 1. The van der Waals surface area contributed by atoms with Crippen molar-refractivity contribution in [3.63, 3.8) is 0 Å². The van der Waals surface area contributed by atoms with E-state index >= 15 is 0 Å². The molecule has 0 bridgehead atoms. The van der Waals surface area contributed by atoms with Gasteiger partial charge < -0.3 is 9.64 Å². The minimum Gasteiger partial charge on any atom is -0.456 e. The van der Waals surface area contributed by atoms with Crippen molar-refractivity contribution < 1.29 is 22.7 Å². The van der Waals surface area contributed by atoms with Crippen molar-refractivity contribution in [3.8, 4) is 0 Å². The second kappa shape index (κ2) is 11.6. The Morgan fingerprint density at radius 1 is 1.06 bits per heavy atom. The molecule has 0 spiro atoms. The lowest BCUT2D eigenvalue weighted by Crippen LogP contribution is -2.31. The van der Waals surface area contributed by atoms with Crippen molar-refractivity contribution in [1.29, 1.82) is 0 Å². The van der Waals surface area contributed by atoms with Crippen molar-refractivity contribution in [2.24, 2.45) is 0 Å². The van der Waals surface area contributed by atoms with E-state index < -0.39 is 16.0 Å². The Bertz CT molecular complexity index is 980. The summed E-state index contributed by atoms with van der Waals surface area (Å²) in [6.45, 7) is 1.34. The van der Waals surface area contributed by atoms with Gasteiger partial charge in [0.1, 0.15) is 0 Å². The Morgan fingerprint density at radius 3 is 2.38 bits per heavy atom. The number of rotatable bonds is 9. The van der Waals surface area contributed by atoms with Gasteiger partial charge in [0.2, 0.25) is 10.0 Å². The van der Waals surface area contributed by atoms with E-state index in [0.717, 1.165) is 36.1 Å². The number of likely N-dealkylation sites (N-methyl/N-ethyl adjacent to an activating group) is 1. The largest absolute Gasteiger partial charge is 0.456 e. The van der Waals surface area contributed by atoms with Gasteiger partial charge in [-0.15, -0.1) is 11.3 Å². The number of hydrogen-bond acceptors (Lipinski definition) is 6. The highest BCUT2D eigenvalue weighted by molar-refractivity contribution is 7.89. The number of hydrogen-bond donors (Lipinski definition) is 0. The van der Waals surface area contributed by atoms with Crippen molar-refractivity contribution >= 4 is 33.2 Å². The van der Waals surface area contributed by atoms with Gasteiger partial charge in [-0.3, -0.25) is 9.59 Å². The minimum atomic E-state index is -3.48. The summed E-state index contributed by atoms with van der Waals surface area (Å²) in [4.78, 5) is 27.0. The number of amides is 1. The molecule has 2 heterocycles. The summed E-state index contributed by atoms with van der Waals surface area (Å²) in [5.74, 6) is -0.709. The zero-order valence-electron chi connectivity index (χ0n) is 18.4. The summed E-state index contributed by atoms with van der Waals surface area (Å²) in [7, 11) is -1.80. The number of benzene rings is 1. The lowest BCUT2D eigenvalue weighted by Gasteiger charge is -2.20. The molecule has 1 aliphatic rings. The molecule has 7 nitrogen and oxygen atoms in total. The highest BCUT2D eigenvalue weighted by Gasteiger charge is 2.25. The third-order valence-corrected chi connectivity index (χ3v) is 8.27. The molecule has 1 aliphatic heterocycles. The molecular formula is C23H30N2O5S2. The van der Waals surface area contributed by atoms with Crippen molar-refractivity contribution in [2.75, 3.05) is 26.7 Å². The molecule has 32 heavy (non-hydrogen) atoms. The molecule has 2 aromatic rings. The highest BCUT2D eigenvalue weighted by atomic mass is 32.2. The third kappa shape index (κ3) is 6.88. The van der Waals surface area contributed by atoms with Gasteiger partial charge in [0.25, 0.3) is 5.91 Å². The van der Waals surface area contributed by atoms with Crippen LogP contribution in [0.3, 0.4) is 0 Å². The summed E-state index contributed by atoms with van der Waals surface area (Å²) < 4.78 is 32.3. The Morgan fingerprint density at radius 2 is 1.75 bits per heavy atom. The minimum absolute atomic E-state index is 0.125. The van der Waals surface area contributed by atoms with E-state index in [1.807, 2.05) is 17.5 Å². The average molecular weight is 479 g/mol. The van der Waals surface area contributed by atoms with E-state index in [0.29, 0.717) is 26.1 Å². The summed E-state index contributed by atoms with van der Waals surface area (Å²) in [6.07, 6.45) is 4.47. The molecule has 174 valence electrons. The van der Waals surface area contributed by atoms with Crippen LogP contribution in [-0.4, -0.2) is 56.2 Å². The lowest BCUT2D eigenvalue weighted by molar-refractivity contribution is -0.151. The van der Waals surface area contributed by atoms with Crippen LogP contribution in [0.1, 0.15) is 42.5 Å². The molecule has 1 saturated heterocycles. The number of carbonyl (C=O) groups is 2. The maximum atomic E-state index is 12.8. The molecule has 0 saturated carbocycles. The fourth-order valence-electron chi connectivity index (χ4n) is 3.55. The van der Waals surface area contributed by atoms with Gasteiger partial charge in [-0.2, -0.15) is 4.31 Å². The van der Waals surface area contributed by atoms with E-state index in [2.05, 4.69) is 0 Å². The lowest BCUT2D eigenvalue weighted by atomic mass is 10.1. The molecular weight excluding hydrogens is 448 g/mol. The van der Waals surface area contributed by atoms with E-state index in [1.54, 1.807) is 47.0 Å². The Kier molecular flexibility index (Phi) is 8.84. The van der Waals surface area contributed by atoms with Gasteiger partial charge in [-0.25, -0.2) is 8.42 Å². The third-order valence-electron chi connectivity index (χ3n) is 5.50. The first-order chi connectivity index (χ1) is 15.4. The quantitative estimate of drug-likeness (QED) is 0.516. The predicted octanol–water partition coefficient (Wildman–Crippen LogP) is 3.45. The highest BCUT2D eigenvalue weighted by Crippen LogP contribution is 2.21. The molecule has 1 amide bonds. The van der Waals surface area contributed by atoms with Gasteiger partial charge in [0.05, 0.1) is 11.4 Å². The van der Waals surface area contributed by atoms with Gasteiger partial charge in [0.15, 0.2) is 6.61 Å². The van der Waals surface area contributed by atoms with Crippen molar-refractivity contribution in [3.05, 3.63) is 52.2 Å². The monoisotopic (exact) mass is 478 g/mol. The van der Waals surface area contributed by atoms with Crippen LogP contribution >= 0.6 is 11.3 Å². The molecule has 0 unspecified atom stereocenters. The fraction of sp³-hybridized carbons (Fsp3) is 0.478. The van der Waals surface area contributed by atoms with Gasteiger partial charge in [-0.05, 0) is 48.4 Å². The van der Waals surface area contributed by atoms with Gasteiger partial charge in [-0.1, -0.05) is 31.0 Å². The second-order valence-corrected chi connectivity index (χ2v) is 10.9. The Hall–Kier alpha value is -2.23. The second-order valence-electron chi connectivity index (χ2n) is 7.95. The zero-order valence-corrected chi connectivity index (χ0v) is 20.0. The van der Waals surface area contributed by atoms with Crippen LogP contribution in [0.4, 0.5) is 0 Å². The van der Waals surface area contributed by atoms with Crippen LogP contribution in [0, 0.1) is 0 Å². The van der Waals surface area contributed by atoms with E-state index in [1.165, 1.54) is 4.90 Å². The first-order valence-electron chi connectivity index (χ1n) is 10.9. The maximum Gasteiger partial charge on any atom is 0.306 e. The van der Waals surface area contributed by atoms with Crippen molar-refractivity contribution in [1.82, 2.24) is 9.21 Å². The molecule has 1 fully saturated rings. The normalized spacial score (nSPS) is 15.2. The first-order valence-corrected chi connectivity index (χ1v) is 13.2. The number of esters is 1. The summed E-state index contributed by atoms with van der Waals surface area (Å²) >= 11 is 1.57. The molecule has 1 aromatic carbocycles. The summed E-state index contributed by atoms with van der Waals surface area (Å²) in [5.41, 5.74) is 0.845. The topological polar surface area (TPSA) is 84.0 Å². The van der Waals surface area contributed by atoms with Crippen molar-refractivity contribution in [2.45, 2.75) is 50.0 Å². The molecule has 1 aromatic heterocycles. The van der Waals surface area contributed by atoms with Crippen LogP contribution in [0.15, 0.2) is 46.7 Å². The van der Waals surface area contributed by atoms with E-state index in [4.69, 9.17) is 4.74 Å². The molecule has 0 atom stereocenters. The van der Waals surface area contributed by atoms with Crippen LogP contribution < -0.4 is 0 Å². The zero-order chi connectivity index (χ0) is 23.0. The number of carbonyl (C=O) groups excluding carboxylic acids is 2. The number of nitrogens with zero attached hydrogens (tertiary/aromatic N) is 2. The summed E-state index contributed by atoms with van der Waals surface area (Å²) in [5, 5.41) is 1.95. The maximum absolute atomic E-state index is 12.8. The predicted molar refractivity (Wildman–Crippen MR) is 124 cm³/mol. The Labute approximate surface area is 194 Å². The molecule has 0 radical (unpaired) electrons. The SMILES string of the molecule is CN(Cc1cccs1)C(=O)COC(=O)CCc1ccc(S(=O)(=O)N2CCCCCC2)cc1. The fourth-order valence-corrected chi connectivity index (χ4v) is 5.83. The summed E-state index contributed by atoms with van der Waals surface area (Å²) in [6, 6.07) is 10.5. The van der Waals surface area contributed by atoms with Crippen LogP contribution in [0.25, 0.3) is 0 Å². The average Bonchev–Trinajstić information content (AvgIpc) is 3.14. The Balaban J connectivity index is 1.44. The first kappa shape index (κ1) is 24.4. The molecule has 0 aliphatic carbocycles. The number of ether oxygens (including phenoxy) is 1. The van der Waals surface area contributed by atoms with E-state index in [-0.39, 0.29) is 23.8 Å².